The first-order chi connectivity index (χ1) is 8.52. The lowest BCUT2D eigenvalue weighted by molar-refractivity contribution is 0.0696. The minimum Gasteiger partial charge on any atom is -0.478 e. The minimum atomic E-state index is -0.917. The van der Waals surface area contributed by atoms with Crippen LogP contribution in [0.15, 0.2) is 12.3 Å². The average Bonchev–Trinajstić information content (AvgIpc) is 2.73. The van der Waals surface area contributed by atoms with Crippen molar-refractivity contribution in [2.45, 2.75) is 39.5 Å². The topological polar surface area (TPSA) is 62.2 Å². The van der Waals surface area contributed by atoms with Crippen LogP contribution in [0.2, 0.25) is 0 Å². The maximum absolute atomic E-state index is 11.2. The number of carboxylic acids is 1. The fourth-order valence-corrected chi connectivity index (χ4v) is 2.66. The number of nitrogens with zero attached hydrogens (tertiary/aromatic N) is 1. The number of rotatable bonds is 4. The molecule has 1 aliphatic rings. The van der Waals surface area contributed by atoms with E-state index in [2.05, 4.69) is 17.2 Å². The van der Waals surface area contributed by atoms with Crippen molar-refractivity contribution in [2.75, 3.05) is 11.9 Å². The minimum absolute atomic E-state index is 0.279. The third-order valence-corrected chi connectivity index (χ3v) is 3.87. The van der Waals surface area contributed by atoms with Crippen LogP contribution < -0.4 is 5.32 Å². The molecule has 1 saturated carbocycles. The molecule has 1 aromatic heterocycles. The molecule has 1 aromatic rings. The van der Waals surface area contributed by atoms with Crippen molar-refractivity contribution >= 4 is 11.8 Å². The molecule has 98 valence electrons. The van der Waals surface area contributed by atoms with Crippen LogP contribution in [0, 0.1) is 12.3 Å². The van der Waals surface area contributed by atoms with E-state index in [1.807, 2.05) is 0 Å². The number of aromatic carboxylic acids is 1. The van der Waals surface area contributed by atoms with E-state index in [-0.39, 0.29) is 5.41 Å². The number of carboxylic acid groups (broad SMARTS) is 1. The van der Waals surface area contributed by atoms with Crippen LogP contribution in [0.4, 0.5) is 5.82 Å². The summed E-state index contributed by atoms with van der Waals surface area (Å²) in [7, 11) is 0. The van der Waals surface area contributed by atoms with E-state index in [9.17, 15) is 9.90 Å². The van der Waals surface area contributed by atoms with Gasteiger partial charge in [-0.05, 0) is 36.8 Å². The van der Waals surface area contributed by atoms with Crippen LogP contribution in [0.3, 0.4) is 0 Å². The van der Waals surface area contributed by atoms with Crippen LogP contribution in [-0.2, 0) is 0 Å². The molecule has 0 aromatic carbocycles. The van der Waals surface area contributed by atoms with Crippen LogP contribution in [-0.4, -0.2) is 22.6 Å². The fraction of sp³-hybridized carbons (Fsp3) is 0.571. The first-order valence-electron chi connectivity index (χ1n) is 6.45. The molecule has 0 saturated heterocycles. The Kier molecular flexibility index (Phi) is 3.55. The maximum Gasteiger partial charge on any atom is 0.339 e. The van der Waals surface area contributed by atoms with Gasteiger partial charge < -0.3 is 10.4 Å². The van der Waals surface area contributed by atoms with Gasteiger partial charge in [0.15, 0.2) is 0 Å². The van der Waals surface area contributed by atoms with E-state index < -0.39 is 5.97 Å². The molecule has 0 aliphatic heterocycles. The molecular formula is C14H20N2O2. The van der Waals surface area contributed by atoms with Crippen LogP contribution in [0.1, 0.15) is 48.5 Å². The van der Waals surface area contributed by atoms with Crippen molar-refractivity contribution in [2.24, 2.45) is 5.41 Å². The highest BCUT2D eigenvalue weighted by Crippen LogP contribution is 2.37. The van der Waals surface area contributed by atoms with Crippen LogP contribution in [0.5, 0.6) is 0 Å². The highest BCUT2D eigenvalue weighted by molar-refractivity contribution is 5.94. The highest BCUT2D eigenvalue weighted by Gasteiger charge is 2.29. The normalized spacial score (nSPS) is 17.7. The Morgan fingerprint density at radius 3 is 2.78 bits per heavy atom. The van der Waals surface area contributed by atoms with Gasteiger partial charge in [-0.15, -0.1) is 0 Å². The number of nitrogens with one attached hydrogen (secondary N) is 1. The van der Waals surface area contributed by atoms with E-state index in [1.165, 1.54) is 25.7 Å². The van der Waals surface area contributed by atoms with E-state index in [4.69, 9.17) is 0 Å². The highest BCUT2D eigenvalue weighted by atomic mass is 16.4. The summed E-state index contributed by atoms with van der Waals surface area (Å²) in [4.78, 5) is 15.4. The Bertz CT molecular complexity index is 451. The number of carbonyl (C=O) groups is 1. The largest absolute Gasteiger partial charge is 0.478 e. The number of anilines is 1. The van der Waals surface area contributed by atoms with Gasteiger partial charge in [-0.2, -0.15) is 0 Å². The van der Waals surface area contributed by atoms with Gasteiger partial charge in [0.1, 0.15) is 11.4 Å². The molecule has 1 aliphatic carbocycles. The molecule has 18 heavy (non-hydrogen) atoms. The summed E-state index contributed by atoms with van der Waals surface area (Å²) in [5, 5.41) is 12.4. The third kappa shape index (κ3) is 2.63. The summed E-state index contributed by atoms with van der Waals surface area (Å²) in [6.45, 7) is 4.85. The summed E-state index contributed by atoms with van der Waals surface area (Å²) in [5.41, 5.74) is 1.32. The molecule has 0 radical (unpaired) electrons. The predicted molar refractivity (Wildman–Crippen MR) is 71.0 cm³/mol. The Morgan fingerprint density at radius 2 is 2.17 bits per heavy atom. The zero-order valence-corrected chi connectivity index (χ0v) is 11.0. The summed E-state index contributed by atoms with van der Waals surface area (Å²) >= 11 is 0. The molecule has 4 heteroatoms. The van der Waals surface area contributed by atoms with E-state index in [0.717, 1.165) is 12.1 Å². The number of pyridine rings is 1. The molecular weight excluding hydrogens is 228 g/mol. The number of aromatic nitrogens is 1. The van der Waals surface area contributed by atoms with Crippen LogP contribution in [0.25, 0.3) is 0 Å². The van der Waals surface area contributed by atoms with Crippen molar-refractivity contribution < 1.29 is 9.90 Å². The van der Waals surface area contributed by atoms with E-state index in [0.29, 0.717) is 11.4 Å². The van der Waals surface area contributed by atoms with E-state index >= 15 is 0 Å². The molecule has 1 heterocycles. The quantitative estimate of drug-likeness (QED) is 0.859. The standard InChI is InChI=1S/C14H20N2O2/c1-10-5-8-15-12(11(10)13(17)18)16-9-14(2)6-3-4-7-14/h5,8H,3-4,6-7,9H2,1-2H3,(H,15,16)(H,17,18). The van der Waals surface area contributed by atoms with Crippen molar-refractivity contribution in [3.8, 4) is 0 Å². The Balaban J connectivity index is 2.14. The molecule has 2 rings (SSSR count). The smallest absolute Gasteiger partial charge is 0.339 e. The molecule has 0 unspecified atom stereocenters. The summed E-state index contributed by atoms with van der Waals surface area (Å²) < 4.78 is 0. The summed E-state index contributed by atoms with van der Waals surface area (Å²) in [6.07, 6.45) is 6.60. The third-order valence-electron chi connectivity index (χ3n) is 3.87. The van der Waals surface area contributed by atoms with Crippen LogP contribution >= 0.6 is 0 Å². The first-order valence-corrected chi connectivity index (χ1v) is 6.45. The monoisotopic (exact) mass is 248 g/mol. The zero-order chi connectivity index (χ0) is 13.2. The predicted octanol–water partition coefficient (Wildman–Crippen LogP) is 3.08. The SMILES string of the molecule is Cc1ccnc(NCC2(C)CCCC2)c1C(=O)O. The lowest BCUT2D eigenvalue weighted by Gasteiger charge is -2.24. The molecule has 4 nitrogen and oxygen atoms in total. The molecule has 1 fully saturated rings. The second-order valence-corrected chi connectivity index (χ2v) is 5.53. The van der Waals surface area contributed by atoms with Gasteiger partial charge in [-0.3, -0.25) is 0 Å². The molecule has 0 amide bonds. The second-order valence-electron chi connectivity index (χ2n) is 5.53. The van der Waals surface area contributed by atoms with Gasteiger partial charge in [0.2, 0.25) is 0 Å². The number of hydrogen-bond acceptors (Lipinski definition) is 3. The Morgan fingerprint density at radius 1 is 1.50 bits per heavy atom. The lowest BCUT2D eigenvalue weighted by Crippen LogP contribution is -2.24. The Labute approximate surface area is 107 Å². The van der Waals surface area contributed by atoms with Gasteiger partial charge in [0.25, 0.3) is 0 Å². The van der Waals surface area contributed by atoms with Gasteiger partial charge in [-0.1, -0.05) is 19.8 Å². The average molecular weight is 248 g/mol. The van der Waals surface area contributed by atoms with Gasteiger partial charge in [-0.25, -0.2) is 9.78 Å². The van der Waals surface area contributed by atoms with Gasteiger partial charge in [0.05, 0.1) is 0 Å². The molecule has 0 atom stereocenters. The van der Waals surface area contributed by atoms with Crippen molar-refractivity contribution in [1.82, 2.24) is 4.98 Å². The second kappa shape index (κ2) is 4.96. The summed E-state index contributed by atoms with van der Waals surface area (Å²) in [6, 6.07) is 1.73. The fourth-order valence-electron chi connectivity index (χ4n) is 2.66. The van der Waals surface area contributed by atoms with Gasteiger partial charge in [0, 0.05) is 12.7 Å². The number of aryl methyl sites for hydroxylation is 1. The number of hydrogen-bond donors (Lipinski definition) is 2. The zero-order valence-electron chi connectivity index (χ0n) is 11.0. The maximum atomic E-state index is 11.2. The van der Waals surface area contributed by atoms with Crippen molar-refractivity contribution in [3.05, 3.63) is 23.4 Å². The Hall–Kier alpha value is -1.58. The van der Waals surface area contributed by atoms with E-state index in [1.54, 1.807) is 19.2 Å². The van der Waals surface area contributed by atoms with Crippen molar-refractivity contribution in [1.29, 1.82) is 0 Å². The summed E-state index contributed by atoms with van der Waals surface area (Å²) in [5.74, 6) is -0.421. The van der Waals surface area contributed by atoms with Gasteiger partial charge >= 0.3 is 5.97 Å². The molecule has 0 bridgehead atoms. The lowest BCUT2D eigenvalue weighted by atomic mass is 9.89. The molecule has 2 N–H and O–H groups in total. The van der Waals surface area contributed by atoms with Crippen molar-refractivity contribution in [3.63, 3.8) is 0 Å². The first kappa shape index (κ1) is 12.9. The molecule has 0 spiro atoms.